The highest BCUT2D eigenvalue weighted by atomic mass is 32.2. The summed E-state index contributed by atoms with van der Waals surface area (Å²) in [5.74, 6) is 0.649. The molecular formula is C10H17N3O2S. The third-order valence-electron chi connectivity index (χ3n) is 2.96. The summed E-state index contributed by atoms with van der Waals surface area (Å²) in [5.41, 5.74) is 0. The van der Waals surface area contributed by atoms with Gasteiger partial charge in [0, 0.05) is 32.5 Å². The van der Waals surface area contributed by atoms with E-state index in [2.05, 4.69) is 4.98 Å². The van der Waals surface area contributed by atoms with Crippen molar-refractivity contribution in [3.8, 4) is 0 Å². The molecule has 1 atom stereocenters. The molecule has 0 spiro atoms. The molecule has 6 heteroatoms. The summed E-state index contributed by atoms with van der Waals surface area (Å²) in [6.45, 7) is 1.69. The van der Waals surface area contributed by atoms with E-state index in [0.717, 1.165) is 12.8 Å². The van der Waals surface area contributed by atoms with Crippen molar-refractivity contribution in [1.82, 2.24) is 13.9 Å². The summed E-state index contributed by atoms with van der Waals surface area (Å²) >= 11 is 0. The Kier molecular flexibility index (Phi) is 2.79. The van der Waals surface area contributed by atoms with Crippen molar-refractivity contribution in [2.45, 2.75) is 31.1 Å². The fourth-order valence-corrected chi connectivity index (χ4v) is 2.83. The molecule has 0 amide bonds. The van der Waals surface area contributed by atoms with E-state index in [0.29, 0.717) is 11.9 Å². The largest absolute Gasteiger partial charge is 0.331 e. The van der Waals surface area contributed by atoms with E-state index < -0.39 is 15.3 Å². The maximum Gasteiger partial charge on any atom is 0.223 e. The summed E-state index contributed by atoms with van der Waals surface area (Å²) in [5, 5.41) is -0.585. The molecule has 5 nitrogen and oxygen atoms in total. The van der Waals surface area contributed by atoms with Gasteiger partial charge in [-0.05, 0) is 19.8 Å². The van der Waals surface area contributed by atoms with Gasteiger partial charge < -0.3 is 4.57 Å². The van der Waals surface area contributed by atoms with E-state index in [4.69, 9.17) is 0 Å². The molecular weight excluding hydrogens is 226 g/mol. The maximum absolute atomic E-state index is 12.0. The molecule has 0 N–H and O–H groups in total. The lowest BCUT2D eigenvalue weighted by molar-refractivity contribution is 0.503. The Morgan fingerprint density at radius 1 is 1.50 bits per heavy atom. The molecule has 1 aromatic heterocycles. The van der Waals surface area contributed by atoms with Crippen LogP contribution in [0.15, 0.2) is 12.4 Å². The van der Waals surface area contributed by atoms with Crippen molar-refractivity contribution >= 4 is 10.0 Å². The van der Waals surface area contributed by atoms with E-state index in [9.17, 15) is 8.42 Å². The smallest absolute Gasteiger partial charge is 0.223 e. The van der Waals surface area contributed by atoms with Crippen LogP contribution < -0.4 is 0 Å². The average molecular weight is 243 g/mol. The Balaban J connectivity index is 2.33. The molecule has 0 aromatic carbocycles. The van der Waals surface area contributed by atoms with Gasteiger partial charge in [0.15, 0.2) is 0 Å². The van der Waals surface area contributed by atoms with E-state index in [-0.39, 0.29) is 0 Å². The Bertz CT molecular complexity index is 474. The van der Waals surface area contributed by atoms with Gasteiger partial charge in [-0.2, -0.15) is 0 Å². The molecule has 1 aromatic rings. The molecule has 0 radical (unpaired) electrons. The number of rotatable bonds is 4. The highest BCUT2D eigenvalue weighted by molar-refractivity contribution is 7.89. The van der Waals surface area contributed by atoms with Gasteiger partial charge in [-0.1, -0.05) is 0 Å². The zero-order chi connectivity index (χ0) is 11.9. The first-order valence-corrected chi connectivity index (χ1v) is 6.89. The maximum atomic E-state index is 12.0. The van der Waals surface area contributed by atoms with E-state index in [1.54, 1.807) is 27.2 Å². The summed E-state index contributed by atoms with van der Waals surface area (Å²) in [6, 6.07) is 0.456. The fourth-order valence-electron chi connectivity index (χ4n) is 1.75. The second kappa shape index (κ2) is 3.85. The van der Waals surface area contributed by atoms with Gasteiger partial charge in [-0.3, -0.25) is 0 Å². The third-order valence-corrected chi connectivity index (χ3v) is 5.08. The first kappa shape index (κ1) is 11.6. The Morgan fingerprint density at radius 3 is 2.62 bits per heavy atom. The molecule has 16 heavy (non-hydrogen) atoms. The highest BCUT2D eigenvalue weighted by Crippen LogP contribution is 2.37. The minimum absolute atomic E-state index is 0.456. The number of sulfonamides is 1. The van der Waals surface area contributed by atoms with E-state index >= 15 is 0 Å². The second-order valence-electron chi connectivity index (χ2n) is 4.39. The van der Waals surface area contributed by atoms with Crippen LogP contribution in [0.1, 0.15) is 36.9 Å². The molecule has 0 saturated heterocycles. The summed E-state index contributed by atoms with van der Waals surface area (Å²) < 4.78 is 27.2. The minimum Gasteiger partial charge on any atom is -0.331 e. The van der Waals surface area contributed by atoms with E-state index in [1.807, 2.05) is 10.8 Å². The lowest BCUT2D eigenvalue weighted by Crippen LogP contribution is -2.28. The van der Waals surface area contributed by atoms with Crippen LogP contribution in [0.25, 0.3) is 0 Å². The van der Waals surface area contributed by atoms with Gasteiger partial charge in [0.05, 0.1) is 0 Å². The Hall–Kier alpha value is -0.880. The zero-order valence-corrected chi connectivity index (χ0v) is 10.6. The van der Waals surface area contributed by atoms with Crippen molar-refractivity contribution in [1.29, 1.82) is 0 Å². The first-order chi connectivity index (χ1) is 7.44. The fraction of sp³-hybridized carbons (Fsp3) is 0.700. The SMILES string of the molecule is C[C@@H](c1nccn1C1CC1)S(=O)(=O)N(C)C. The lowest BCUT2D eigenvalue weighted by Gasteiger charge is -2.18. The van der Waals surface area contributed by atoms with Gasteiger partial charge in [-0.25, -0.2) is 17.7 Å². The molecule has 2 rings (SSSR count). The minimum atomic E-state index is -3.28. The van der Waals surface area contributed by atoms with Crippen LogP contribution in [-0.4, -0.2) is 36.4 Å². The van der Waals surface area contributed by atoms with Crippen LogP contribution in [0.4, 0.5) is 0 Å². The number of hydrogen-bond donors (Lipinski definition) is 0. The predicted molar refractivity (Wildman–Crippen MR) is 61.5 cm³/mol. The molecule has 0 bridgehead atoms. The molecule has 1 saturated carbocycles. The second-order valence-corrected chi connectivity index (χ2v) is 6.86. The summed E-state index contributed by atoms with van der Waals surface area (Å²) in [7, 11) is -0.174. The van der Waals surface area contributed by atoms with Crippen molar-refractivity contribution in [3.05, 3.63) is 18.2 Å². The van der Waals surface area contributed by atoms with Gasteiger partial charge in [0.1, 0.15) is 11.1 Å². The average Bonchev–Trinajstić information content (AvgIpc) is 2.95. The van der Waals surface area contributed by atoms with Crippen molar-refractivity contribution in [2.24, 2.45) is 0 Å². The topological polar surface area (TPSA) is 55.2 Å². The number of imidazole rings is 1. The molecule has 1 aliphatic rings. The standard InChI is InChI=1S/C10H17N3O2S/c1-8(16(14,15)12(2)3)10-11-6-7-13(10)9-4-5-9/h6-9H,4-5H2,1-3H3/t8-/m0/s1. The number of nitrogens with zero attached hydrogens (tertiary/aromatic N) is 3. The van der Waals surface area contributed by atoms with Crippen LogP contribution in [0.5, 0.6) is 0 Å². The van der Waals surface area contributed by atoms with Gasteiger partial charge in [0.25, 0.3) is 0 Å². The third kappa shape index (κ3) is 1.87. The molecule has 1 heterocycles. The van der Waals surface area contributed by atoms with Crippen LogP contribution in [-0.2, 0) is 10.0 Å². The van der Waals surface area contributed by atoms with Crippen LogP contribution >= 0.6 is 0 Å². The van der Waals surface area contributed by atoms with Crippen LogP contribution in [0, 0.1) is 0 Å². The number of aromatic nitrogens is 2. The van der Waals surface area contributed by atoms with Crippen molar-refractivity contribution in [2.75, 3.05) is 14.1 Å². The zero-order valence-electron chi connectivity index (χ0n) is 9.79. The molecule has 1 fully saturated rings. The summed E-state index contributed by atoms with van der Waals surface area (Å²) in [4.78, 5) is 4.18. The number of hydrogen-bond acceptors (Lipinski definition) is 3. The quantitative estimate of drug-likeness (QED) is 0.797. The van der Waals surface area contributed by atoms with Gasteiger partial charge in [0.2, 0.25) is 10.0 Å². The highest BCUT2D eigenvalue weighted by Gasteiger charge is 2.33. The molecule has 0 aliphatic heterocycles. The van der Waals surface area contributed by atoms with Crippen molar-refractivity contribution in [3.63, 3.8) is 0 Å². The lowest BCUT2D eigenvalue weighted by atomic mass is 10.4. The first-order valence-electron chi connectivity index (χ1n) is 5.38. The van der Waals surface area contributed by atoms with E-state index in [1.165, 1.54) is 4.31 Å². The van der Waals surface area contributed by atoms with Gasteiger partial charge >= 0.3 is 0 Å². The van der Waals surface area contributed by atoms with Crippen LogP contribution in [0.2, 0.25) is 0 Å². The normalized spacial score (nSPS) is 19.0. The Morgan fingerprint density at radius 2 is 2.12 bits per heavy atom. The predicted octanol–water partition coefficient (Wildman–Crippen LogP) is 1.17. The van der Waals surface area contributed by atoms with Crippen molar-refractivity contribution < 1.29 is 8.42 Å². The molecule has 90 valence electrons. The molecule has 1 aliphatic carbocycles. The summed E-state index contributed by atoms with van der Waals surface area (Å²) in [6.07, 6.45) is 5.79. The molecule has 0 unspecified atom stereocenters. The van der Waals surface area contributed by atoms with Gasteiger partial charge in [-0.15, -0.1) is 0 Å². The van der Waals surface area contributed by atoms with Crippen LogP contribution in [0.3, 0.4) is 0 Å². The Labute approximate surface area is 96.1 Å². The monoisotopic (exact) mass is 243 g/mol.